The van der Waals surface area contributed by atoms with Gasteiger partial charge >= 0.3 is 0 Å². The average Bonchev–Trinajstić information content (AvgIpc) is 2.60. The van der Waals surface area contributed by atoms with Crippen molar-refractivity contribution in [1.82, 2.24) is 0 Å². The lowest BCUT2D eigenvalue weighted by molar-refractivity contribution is 0.526. The third-order valence-electron chi connectivity index (χ3n) is 3.63. The molecular formula is C13H19NOS. The third kappa shape index (κ3) is 2.06. The zero-order valence-electron chi connectivity index (χ0n) is 9.85. The molecule has 2 rings (SSSR count). The van der Waals surface area contributed by atoms with Gasteiger partial charge in [0, 0.05) is 16.2 Å². The first-order valence-corrected chi connectivity index (χ1v) is 7.04. The topological polar surface area (TPSA) is 43.1 Å². The van der Waals surface area contributed by atoms with E-state index in [0.717, 1.165) is 23.3 Å². The maximum absolute atomic E-state index is 12.5. The van der Waals surface area contributed by atoms with Crippen LogP contribution in [0.15, 0.2) is 29.2 Å². The monoisotopic (exact) mass is 237 g/mol. The number of benzene rings is 1. The highest BCUT2D eigenvalue weighted by Gasteiger charge is 2.35. The summed E-state index contributed by atoms with van der Waals surface area (Å²) in [7, 11) is -0.901. The molecule has 3 heteroatoms. The smallest absolute Gasteiger partial charge is 0.0566 e. The molecule has 2 N–H and O–H groups in total. The molecule has 0 heterocycles. The van der Waals surface area contributed by atoms with Crippen LogP contribution in [-0.2, 0) is 10.8 Å². The summed E-state index contributed by atoms with van der Waals surface area (Å²) < 4.78 is 12.5. The lowest BCUT2D eigenvalue weighted by Crippen LogP contribution is -2.29. The lowest BCUT2D eigenvalue weighted by atomic mass is 10.1. The summed E-state index contributed by atoms with van der Waals surface area (Å²) in [6.45, 7) is 4.14. The normalized spacial score (nSPS) is 31.6. The molecule has 0 bridgehead atoms. The Morgan fingerprint density at radius 2 is 2.00 bits per heavy atom. The van der Waals surface area contributed by atoms with Crippen molar-refractivity contribution < 1.29 is 4.21 Å². The van der Waals surface area contributed by atoms with Crippen LogP contribution in [-0.4, -0.2) is 15.5 Å². The minimum absolute atomic E-state index is 0.220. The van der Waals surface area contributed by atoms with E-state index in [2.05, 4.69) is 6.92 Å². The second-order valence-electron chi connectivity index (χ2n) is 4.70. The van der Waals surface area contributed by atoms with E-state index >= 15 is 0 Å². The summed E-state index contributed by atoms with van der Waals surface area (Å²) in [5, 5.41) is 0.232. The highest BCUT2D eigenvalue weighted by atomic mass is 32.2. The van der Waals surface area contributed by atoms with Crippen LogP contribution in [0, 0.1) is 12.8 Å². The molecule has 0 radical (unpaired) electrons. The Balaban J connectivity index is 2.23. The van der Waals surface area contributed by atoms with Gasteiger partial charge in [-0.25, -0.2) is 0 Å². The number of nitrogens with two attached hydrogens (primary N) is 1. The second-order valence-corrected chi connectivity index (χ2v) is 6.34. The predicted octanol–water partition coefficient (Wildman–Crippen LogP) is 2.23. The van der Waals surface area contributed by atoms with Crippen molar-refractivity contribution in [3.8, 4) is 0 Å². The van der Waals surface area contributed by atoms with Crippen molar-refractivity contribution in [2.75, 3.05) is 0 Å². The van der Waals surface area contributed by atoms with E-state index in [1.54, 1.807) is 0 Å². The standard InChI is InChI=1S/C13H19NOS/c1-9-5-3-4-6-12(9)16(15)13-8-7-11(14)10(13)2/h3-6,10-11,13H,7-8,14H2,1-2H3. The zero-order chi connectivity index (χ0) is 11.7. The molecule has 1 aliphatic carbocycles. The third-order valence-corrected chi connectivity index (χ3v) is 5.74. The first kappa shape index (κ1) is 11.8. The van der Waals surface area contributed by atoms with Crippen LogP contribution in [0.25, 0.3) is 0 Å². The minimum atomic E-state index is -0.901. The molecule has 88 valence electrons. The molecule has 1 aromatic rings. The van der Waals surface area contributed by atoms with E-state index < -0.39 is 10.8 Å². The summed E-state index contributed by atoms with van der Waals surface area (Å²) in [6.07, 6.45) is 1.99. The van der Waals surface area contributed by atoms with Gasteiger partial charge in [-0.15, -0.1) is 0 Å². The van der Waals surface area contributed by atoms with Crippen molar-refractivity contribution in [3.05, 3.63) is 29.8 Å². The van der Waals surface area contributed by atoms with Gasteiger partial charge in [-0.05, 0) is 37.3 Å². The summed E-state index contributed by atoms with van der Waals surface area (Å²) in [5.74, 6) is 0.362. The molecule has 1 aliphatic rings. The summed E-state index contributed by atoms with van der Waals surface area (Å²) in [6, 6.07) is 8.16. The maximum atomic E-state index is 12.5. The van der Waals surface area contributed by atoms with Gasteiger partial charge < -0.3 is 5.73 Å². The molecular weight excluding hydrogens is 218 g/mol. The van der Waals surface area contributed by atoms with Gasteiger partial charge in [0.25, 0.3) is 0 Å². The Labute approximate surface area is 99.7 Å². The first-order valence-electron chi connectivity index (χ1n) is 5.83. The van der Waals surface area contributed by atoms with E-state index in [0.29, 0.717) is 5.92 Å². The van der Waals surface area contributed by atoms with Gasteiger partial charge in [-0.2, -0.15) is 0 Å². The molecule has 0 aromatic heterocycles. The number of hydrogen-bond donors (Lipinski definition) is 1. The number of aryl methyl sites for hydroxylation is 1. The SMILES string of the molecule is Cc1ccccc1S(=O)C1CCC(N)C1C. The fraction of sp³-hybridized carbons (Fsp3) is 0.538. The summed E-state index contributed by atoms with van der Waals surface area (Å²) >= 11 is 0. The van der Waals surface area contributed by atoms with E-state index in [4.69, 9.17) is 5.73 Å². The van der Waals surface area contributed by atoms with Gasteiger partial charge in [-0.1, -0.05) is 25.1 Å². The molecule has 0 aliphatic heterocycles. The van der Waals surface area contributed by atoms with E-state index in [1.807, 2.05) is 31.2 Å². The molecule has 4 unspecified atom stereocenters. The van der Waals surface area contributed by atoms with Crippen LogP contribution in [0.1, 0.15) is 25.3 Å². The van der Waals surface area contributed by atoms with Crippen LogP contribution in [0.3, 0.4) is 0 Å². The molecule has 2 nitrogen and oxygen atoms in total. The van der Waals surface area contributed by atoms with Crippen LogP contribution in [0.2, 0.25) is 0 Å². The molecule has 0 saturated heterocycles. The Morgan fingerprint density at radius 3 is 2.56 bits per heavy atom. The molecule has 4 atom stereocenters. The zero-order valence-corrected chi connectivity index (χ0v) is 10.7. The van der Waals surface area contributed by atoms with Gasteiger partial charge in [0.1, 0.15) is 0 Å². The van der Waals surface area contributed by atoms with Gasteiger partial charge in [-0.3, -0.25) is 4.21 Å². The quantitative estimate of drug-likeness (QED) is 0.857. The van der Waals surface area contributed by atoms with Gasteiger partial charge in [0.15, 0.2) is 0 Å². The van der Waals surface area contributed by atoms with Crippen LogP contribution in [0.4, 0.5) is 0 Å². The minimum Gasteiger partial charge on any atom is -0.327 e. The average molecular weight is 237 g/mol. The van der Waals surface area contributed by atoms with E-state index in [-0.39, 0.29) is 11.3 Å². The molecule has 1 saturated carbocycles. The van der Waals surface area contributed by atoms with Crippen LogP contribution in [0.5, 0.6) is 0 Å². The van der Waals surface area contributed by atoms with Crippen LogP contribution < -0.4 is 5.73 Å². The molecule has 1 aromatic carbocycles. The Bertz CT molecular complexity index is 405. The van der Waals surface area contributed by atoms with E-state index in [9.17, 15) is 4.21 Å². The molecule has 0 amide bonds. The fourth-order valence-corrected chi connectivity index (χ4v) is 4.27. The highest BCUT2D eigenvalue weighted by Crippen LogP contribution is 2.32. The first-order chi connectivity index (χ1) is 7.61. The number of rotatable bonds is 2. The van der Waals surface area contributed by atoms with Gasteiger partial charge in [0.2, 0.25) is 0 Å². The van der Waals surface area contributed by atoms with E-state index in [1.165, 1.54) is 0 Å². The molecule has 0 spiro atoms. The Hall–Kier alpha value is -0.670. The van der Waals surface area contributed by atoms with Crippen molar-refractivity contribution in [2.45, 2.75) is 42.9 Å². The predicted molar refractivity (Wildman–Crippen MR) is 67.7 cm³/mol. The second kappa shape index (κ2) is 4.68. The fourth-order valence-electron chi connectivity index (χ4n) is 2.41. The summed E-state index contributed by atoms with van der Waals surface area (Å²) in [5.41, 5.74) is 7.11. The Kier molecular flexibility index (Phi) is 3.45. The molecule has 1 fully saturated rings. The lowest BCUT2D eigenvalue weighted by Gasteiger charge is -2.18. The van der Waals surface area contributed by atoms with Crippen molar-refractivity contribution >= 4 is 10.8 Å². The number of hydrogen-bond acceptors (Lipinski definition) is 2. The van der Waals surface area contributed by atoms with Crippen molar-refractivity contribution in [2.24, 2.45) is 11.7 Å². The van der Waals surface area contributed by atoms with Crippen molar-refractivity contribution in [3.63, 3.8) is 0 Å². The Morgan fingerprint density at radius 1 is 1.31 bits per heavy atom. The highest BCUT2D eigenvalue weighted by molar-refractivity contribution is 7.85. The molecule has 16 heavy (non-hydrogen) atoms. The van der Waals surface area contributed by atoms with Crippen LogP contribution >= 0.6 is 0 Å². The maximum Gasteiger partial charge on any atom is 0.0566 e. The summed E-state index contributed by atoms with van der Waals surface area (Å²) in [4.78, 5) is 0.980. The van der Waals surface area contributed by atoms with Gasteiger partial charge in [0.05, 0.1) is 10.8 Å². The largest absolute Gasteiger partial charge is 0.327 e. The van der Waals surface area contributed by atoms with Crippen molar-refractivity contribution in [1.29, 1.82) is 0 Å².